The van der Waals surface area contributed by atoms with Gasteiger partial charge in [0.15, 0.2) is 15.2 Å². The number of para-hydroxylation sites is 1. The van der Waals surface area contributed by atoms with Crippen molar-refractivity contribution in [3.63, 3.8) is 0 Å². The van der Waals surface area contributed by atoms with Crippen molar-refractivity contribution >= 4 is 39.7 Å². The van der Waals surface area contributed by atoms with E-state index in [2.05, 4.69) is 20.1 Å². The van der Waals surface area contributed by atoms with Crippen molar-refractivity contribution in [2.24, 2.45) is 0 Å². The van der Waals surface area contributed by atoms with Gasteiger partial charge in [0.05, 0.1) is 25.2 Å². The molecule has 0 unspecified atom stereocenters. The standard InChI is InChI=1S/C14H10ClFN4O2S/c1-22-13(21)11-12(15)19-14(23-11)18-8-6-17-20(7-8)10-5-3-2-4-9(10)16/h2-7H,1H3,(H,18,19). The maximum absolute atomic E-state index is 13.7. The minimum atomic E-state index is -0.553. The molecule has 0 aliphatic rings. The molecular weight excluding hydrogens is 343 g/mol. The first-order chi connectivity index (χ1) is 11.1. The van der Waals surface area contributed by atoms with Gasteiger partial charge in [-0.2, -0.15) is 5.10 Å². The first-order valence-corrected chi connectivity index (χ1v) is 7.59. The summed E-state index contributed by atoms with van der Waals surface area (Å²) < 4.78 is 19.7. The molecule has 0 spiro atoms. The first-order valence-electron chi connectivity index (χ1n) is 6.39. The molecule has 0 saturated heterocycles. The summed E-state index contributed by atoms with van der Waals surface area (Å²) >= 11 is 6.95. The Bertz CT molecular complexity index is 864. The van der Waals surface area contributed by atoms with Crippen LogP contribution in [0.1, 0.15) is 9.67 Å². The highest BCUT2D eigenvalue weighted by Gasteiger charge is 2.17. The summed E-state index contributed by atoms with van der Waals surface area (Å²) in [5.41, 5.74) is 0.906. The second-order valence-corrected chi connectivity index (χ2v) is 5.74. The fourth-order valence-corrected chi connectivity index (χ4v) is 2.98. The summed E-state index contributed by atoms with van der Waals surface area (Å²) in [7, 11) is 1.27. The molecule has 3 aromatic rings. The van der Waals surface area contributed by atoms with Crippen LogP contribution in [0.2, 0.25) is 5.15 Å². The molecule has 9 heteroatoms. The molecule has 1 N–H and O–H groups in total. The third kappa shape index (κ3) is 3.17. The van der Waals surface area contributed by atoms with Gasteiger partial charge in [-0.25, -0.2) is 18.9 Å². The zero-order chi connectivity index (χ0) is 16.4. The lowest BCUT2D eigenvalue weighted by atomic mass is 10.3. The largest absolute Gasteiger partial charge is 0.465 e. The van der Waals surface area contributed by atoms with Gasteiger partial charge in [-0.1, -0.05) is 35.1 Å². The number of benzene rings is 1. The Morgan fingerprint density at radius 1 is 1.43 bits per heavy atom. The fourth-order valence-electron chi connectivity index (χ4n) is 1.85. The number of nitrogens with zero attached hydrogens (tertiary/aromatic N) is 3. The van der Waals surface area contributed by atoms with E-state index in [9.17, 15) is 9.18 Å². The van der Waals surface area contributed by atoms with Gasteiger partial charge in [0.1, 0.15) is 11.5 Å². The molecule has 0 amide bonds. The number of thiazole rings is 1. The number of hydrogen-bond donors (Lipinski definition) is 1. The molecule has 118 valence electrons. The lowest BCUT2D eigenvalue weighted by molar-refractivity contribution is 0.0606. The molecule has 0 atom stereocenters. The third-order valence-electron chi connectivity index (χ3n) is 2.89. The van der Waals surface area contributed by atoms with Gasteiger partial charge in [-0.3, -0.25) is 0 Å². The minimum Gasteiger partial charge on any atom is -0.465 e. The number of aromatic nitrogens is 3. The minimum absolute atomic E-state index is 0.0610. The van der Waals surface area contributed by atoms with E-state index in [-0.39, 0.29) is 15.8 Å². The van der Waals surface area contributed by atoms with Gasteiger partial charge < -0.3 is 10.1 Å². The number of methoxy groups -OCH3 is 1. The average molecular weight is 353 g/mol. The SMILES string of the molecule is COC(=O)c1sc(Nc2cnn(-c3ccccc3F)c2)nc1Cl. The molecule has 0 fully saturated rings. The van der Waals surface area contributed by atoms with E-state index in [0.29, 0.717) is 16.5 Å². The number of carbonyl (C=O) groups excluding carboxylic acids is 1. The molecular formula is C14H10ClFN4O2S. The Labute approximate surface area is 139 Å². The monoisotopic (exact) mass is 352 g/mol. The third-order valence-corrected chi connectivity index (χ3v) is 4.23. The molecule has 0 aliphatic carbocycles. The number of ether oxygens (including phenoxy) is 1. The van der Waals surface area contributed by atoms with Crippen LogP contribution in [0.25, 0.3) is 5.69 Å². The van der Waals surface area contributed by atoms with Crippen molar-refractivity contribution in [3.05, 3.63) is 52.5 Å². The van der Waals surface area contributed by atoms with Gasteiger partial charge >= 0.3 is 5.97 Å². The Kier molecular flexibility index (Phi) is 4.26. The van der Waals surface area contributed by atoms with Crippen molar-refractivity contribution in [3.8, 4) is 5.69 Å². The first kappa shape index (κ1) is 15.4. The van der Waals surface area contributed by atoms with Crippen LogP contribution in [0, 0.1) is 5.82 Å². The van der Waals surface area contributed by atoms with Crippen LogP contribution in [0.15, 0.2) is 36.7 Å². The highest BCUT2D eigenvalue weighted by Crippen LogP contribution is 2.29. The predicted octanol–water partition coefficient (Wildman–Crippen LogP) is 3.65. The van der Waals surface area contributed by atoms with E-state index in [1.807, 2.05) is 0 Å². The van der Waals surface area contributed by atoms with Crippen LogP contribution in [0.4, 0.5) is 15.2 Å². The Hall–Kier alpha value is -2.45. The number of halogens is 2. The molecule has 1 aromatic carbocycles. The van der Waals surface area contributed by atoms with Crippen molar-refractivity contribution in [2.75, 3.05) is 12.4 Å². The molecule has 3 rings (SSSR count). The lowest BCUT2D eigenvalue weighted by Gasteiger charge is -2.01. The zero-order valence-corrected chi connectivity index (χ0v) is 13.4. The summed E-state index contributed by atoms with van der Waals surface area (Å²) in [5.74, 6) is -0.935. The molecule has 0 bridgehead atoms. The summed E-state index contributed by atoms with van der Waals surface area (Å²) in [6.07, 6.45) is 3.12. The maximum Gasteiger partial charge on any atom is 0.351 e. The Morgan fingerprint density at radius 3 is 2.96 bits per heavy atom. The number of esters is 1. The second-order valence-electron chi connectivity index (χ2n) is 4.38. The van der Waals surface area contributed by atoms with Gasteiger partial charge in [-0.15, -0.1) is 0 Å². The molecule has 6 nitrogen and oxygen atoms in total. The van der Waals surface area contributed by atoms with E-state index in [1.165, 1.54) is 24.1 Å². The maximum atomic E-state index is 13.7. The number of anilines is 2. The number of carbonyl (C=O) groups is 1. The average Bonchev–Trinajstić information content (AvgIpc) is 3.14. The Balaban J connectivity index is 1.83. The number of hydrogen-bond acceptors (Lipinski definition) is 6. The number of rotatable bonds is 4. The van der Waals surface area contributed by atoms with Gasteiger partial charge in [-0.05, 0) is 12.1 Å². The summed E-state index contributed by atoms with van der Waals surface area (Å²) in [6, 6.07) is 6.29. The van der Waals surface area contributed by atoms with Crippen LogP contribution in [-0.4, -0.2) is 27.8 Å². The van der Waals surface area contributed by atoms with Crippen molar-refractivity contribution in [1.82, 2.24) is 14.8 Å². The van der Waals surface area contributed by atoms with Gasteiger partial charge in [0, 0.05) is 0 Å². The second kappa shape index (κ2) is 6.35. The van der Waals surface area contributed by atoms with Crippen LogP contribution in [-0.2, 0) is 4.74 Å². The van der Waals surface area contributed by atoms with Crippen LogP contribution >= 0.6 is 22.9 Å². The molecule has 2 aromatic heterocycles. The van der Waals surface area contributed by atoms with E-state index >= 15 is 0 Å². The molecule has 23 heavy (non-hydrogen) atoms. The molecule has 0 radical (unpaired) electrons. The van der Waals surface area contributed by atoms with Crippen molar-refractivity contribution in [1.29, 1.82) is 0 Å². The molecule has 2 heterocycles. The van der Waals surface area contributed by atoms with E-state index in [0.717, 1.165) is 11.3 Å². The smallest absolute Gasteiger partial charge is 0.351 e. The van der Waals surface area contributed by atoms with E-state index in [1.54, 1.807) is 24.4 Å². The summed E-state index contributed by atoms with van der Waals surface area (Å²) in [4.78, 5) is 15.7. The zero-order valence-electron chi connectivity index (χ0n) is 11.8. The van der Waals surface area contributed by atoms with Crippen molar-refractivity contribution in [2.45, 2.75) is 0 Å². The number of nitrogens with one attached hydrogen (secondary N) is 1. The molecule has 0 saturated carbocycles. The van der Waals surface area contributed by atoms with E-state index in [4.69, 9.17) is 11.6 Å². The topological polar surface area (TPSA) is 69.0 Å². The Morgan fingerprint density at radius 2 is 2.22 bits per heavy atom. The predicted molar refractivity (Wildman–Crippen MR) is 85.3 cm³/mol. The van der Waals surface area contributed by atoms with Crippen molar-refractivity contribution < 1.29 is 13.9 Å². The highest BCUT2D eigenvalue weighted by atomic mass is 35.5. The summed E-state index contributed by atoms with van der Waals surface area (Å²) in [5, 5.41) is 7.52. The van der Waals surface area contributed by atoms with Gasteiger partial charge in [0.2, 0.25) is 0 Å². The normalized spacial score (nSPS) is 10.6. The highest BCUT2D eigenvalue weighted by molar-refractivity contribution is 7.18. The fraction of sp³-hybridized carbons (Fsp3) is 0.0714. The molecule has 0 aliphatic heterocycles. The van der Waals surface area contributed by atoms with Crippen LogP contribution in [0.5, 0.6) is 0 Å². The quantitative estimate of drug-likeness (QED) is 0.726. The summed E-state index contributed by atoms with van der Waals surface area (Å²) in [6.45, 7) is 0. The van der Waals surface area contributed by atoms with Crippen LogP contribution in [0.3, 0.4) is 0 Å². The van der Waals surface area contributed by atoms with Crippen LogP contribution < -0.4 is 5.32 Å². The van der Waals surface area contributed by atoms with Gasteiger partial charge in [0.25, 0.3) is 0 Å². The lowest BCUT2D eigenvalue weighted by Crippen LogP contribution is -1.98. The van der Waals surface area contributed by atoms with E-state index < -0.39 is 5.97 Å².